The summed E-state index contributed by atoms with van der Waals surface area (Å²) in [7, 11) is 0. The monoisotopic (exact) mass is 316 g/mol. The van der Waals surface area contributed by atoms with Crippen molar-refractivity contribution in [1.29, 1.82) is 0 Å². The van der Waals surface area contributed by atoms with Gasteiger partial charge in [0.1, 0.15) is 11.6 Å². The van der Waals surface area contributed by atoms with E-state index in [0.29, 0.717) is 15.6 Å². The number of hydrogen-bond acceptors (Lipinski definition) is 1. The van der Waals surface area contributed by atoms with Crippen LogP contribution in [0.4, 0.5) is 8.78 Å². The second-order valence-corrected chi connectivity index (χ2v) is 5.34. The normalized spacial score (nSPS) is 12.4. The highest BCUT2D eigenvalue weighted by Gasteiger charge is 2.15. The molecular formula is C15H12Cl2F2O. The first-order chi connectivity index (χ1) is 9.47. The third-order valence-corrected chi connectivity index (χ3v) is 3.56. The van der Waals surface area contributed by atoms with Gasteiger partial charge < -0.3 is 5.11 Å². The number of benzene rings is 2. The Kier molecular flexibility index (Phi) is 4.97. The van der Waals surface area contributed by atoms with Crippen LogP contribution >= 0.6 is 23.2 Å². The van der Waals surface area contributed by atoms with Gasteiger partial charge in [0.05, 0.1) is 6.10 Å². The van der Waals surface area contributed by atoms with Crippen LogP contribution in [0.2, 0.25) is 10.0 Å². The molecule has 0 fully saturated rings. The molecule has 0 aliphatic heterocycles. The van der Waals surface area contributed by atoms with Crippen molar-refractivity contribution in [3.63, 3.8) is 0 Å². The Morgan fingerprint density at radius 1 is 1.00 bits per heavy atom. The summed E-state index contributed by atoms with van der Waals surface area (Å²) in [4.78, 5) is 0. The Labute approximate surface area is 125 Å². The van der Waals surface area contributed by atoms with Gasteiger partial charge in [-0.2, -0.15) is 0 Å². The van der Waals surface area contributed by atoms with E-state index in [9.17, 15) is 13.9 Å². The highest BCUT2D eigenvalue weighted by atomic mass is 35.5. The lowest BCUT2D eigenvalue weighted by molar-refractivity contribution is 0.172. The highest BCUT2D eigenvalue weighted by Crippen LogP contribution is 2.23. The van der Waals surface area contributed by atoms with E-state index in [4.69, 9.17) is 23.2 Å². The molecule has 0 radical (unpaired) electrons. The van der Waals surface area contributed by atoms with Crippen molar-refractivity contribution in [3.8, 4) is 0 Å². The Morgan fingerprint density at radius 2 is 1.65 bits per heavy atom. The van der Waals surface area contributed by atoms with E-state index in [2.05, 4.69) is 0 Å². The Hall–Kier alpha value is -1.16. The fourth-order valence-electron chi connectivity index (χ4n) is 1.98. The van der Waals surface area contributed by atoms with E-state index >= 15 is 0 Å². The first-order valence-electron chi connectivity index (χ1n) is 6.02. The Balaban J connectivity index is 2.11. The van der Waals surface area contributed by atoms with E-state index in [0.717, 1.165) is 0 Å². The predicted molar refractivity (Wildman–Crippen MR) is 76.2 cm³/mol. The minimum absolute atomic E-state index is 0.114. The lowest BCUT2D eigenvalue weighted by Gasteiger charge is -2.13. The van der Waals surface area contributed by atoms with Gasteiger partial charge in [0.2, 0.25) is 0 Å². The summed E-state index contributed by atoms with van der Waals surface area (Å²) in [6.07, 6.45) is -0.846. The summed E-state index contributed by atoms with van der Waals surface area (Å²) in [5, 5.41) is 10.9. The van der Waals surface area contributed by atoms with Crippen LogP contribution in [-0.2, 0) is 12.8 Å². The lowest BCUT2D eigenvalue weighted by Crippen LogP contribution is -2.16. The summed E-state index contributed by atoms with van der Waals surface area (Å²) in [5.41, 5.74) is 0.561. The summed E-state index contributed by atoms with van der Waals surface area (Å²) in [6, 6.07) is 8.52. The van der Waals surface area contributed by atoms with Crippen LogP contribution < -0.4 is 0 Å². The maximum absolute atomic E-state index is 13.5. The second-order valence-electron chi connectivity index (χ2n) is 4.50. The summed E-state index contributed by atoms with van der Waals surface area (Å²) in [6.45, 7) is 0. The minimum Gasteiger partial charge on any atom is -0.392 e. The van der Waals surface area contributed by atoms with Crippen LogP contribution in [0.3, 0.4) is 0 Å². The maximum Gasteiger partial charge on any atom is 0.129 e. The molecule has 0 amide bonds. The Morgan fingerprint density at radius 3 is 2.25 bits per heavy atom. The second kappa shape index (κ2) is 6.53. The average molecular weight is 317 g/mol. The van der Waals surface area contributed by atoms with Crippen LogP contribution in [0.1, 0.15) is 11.1 Å². The van der Waals surface area contributed by atoms with Gasteiger partial charge in [-0.1, -0.05) is 35.3 Å². The zero-order valence-corrected chi connectivity index (χ0v) is 11.9. The van der Waals surface area contributed by atoms with Gasteiger partial charge in [-0.15, -0.1) is 0 Å². The van der Waals surface area contributed by atoms with Gasteiger partial charge in [-0.25, -0.2) is 8.78 Å². The highest BCUT2D eigenvalue weighted by molar-refractivity contribution is 6.35. The molecule has 2 rings (SSSR count). The van der Waals surface area contributed by atoms with Crippen molar-refractivity contribution in [2.45, 2.75) is 18.9 Å². The molecule has 20 heavy (non-hydrogen) atoms. The predicted octanol–water partition coefficient (Wildman–Crippen LogP) is 4.42. The van der Waals surface area contributed by atoms with E-state index < -0.39 is 17.7 Å². The molecule has 1 atom stereocenters. The van der Waals surface area contributed by atoms with Crippen molar-refractivity contribution < 1.29 is 13.9 Å². The third kappa shape index (κ3) is 3.69. The molecule has 0 saturated heterocycles. The molecule has 0 saturated carbocycles. The van der Waals surface area contributed by atoms with Crippen LogP contribution in [0.15, 0.2) is 36.4 Å². The van der Waals surface area contributed by atoms with Gasteiger partial charge >= 0.3 is 0 Å². The number of aliphatic hydroxyl groups is 1. The summed E-state index contributed by atoms with van der Waals surface area (Å²) < 4.78 is 27.0. The van der Waals surface area contributed by atoms with E-state index in [1.807, 2.05) is 0 Å². The van der Waals surface area contributed by atoms with Gasteiger partial charge in [0, 0.05) is 28.5 Å². The molecule has 2 aromatic rings. The van der Waals surface area contributed by atoms with Gasteiger partial charge in [0.25, 0.3) is 0 Å². The van der Waals surface area contributed by atoms with Crippen LogP contribution in [0, 0.1) is 11.6 Å². The largest absolute Gasteiger partial charge is 0.392 e. The SMILES string of the molecule is OC(Cc1ccc(Cl)cc1Cl)Cc1c(F)cccc1F. The van der Waals surface area contributed by atoms with Crippen molar-refractivity contribution >= 4 is 23.2 Å². The molecular weight excluding hydrogens is 305 g/mol. The van der Waals surface area contributed by atoms with Crippen molar-refractivity contribution in [3.05, 3.63) is 69.2 Å². The number of aliphatic hydroxyl groups excluding tert-OH is 1. The van der Waals surface area contributed by atoms with Crippen molar-refractivity contribution in [2.24, 2.45) is 0 Å². The molecule has 0 spiro atoms. The number of halogens is 4. The third-order valence-electron chi connectivity index (χ3n) is 2.97. The molecule has 0 heterocycles. The number of hydrogen-bond donors (Lipinski definition) is 1. The minimum atomic E-state index is -0.930. The average Bonchev–Trinajstić information content (AvgIpc) is 2.37. The van der Waals surface area contributed by atoms with Crippen LogP contribution in [0.25, 0.3) is 0 Å². The first kappa shape index (κ1) is 15.2. The molecule has 2 aromatic carbocycles. The molecule has 0 aromatic heterocycles. The zero-order valence-electron chi connectivity index (χ0n) is 10.4. The zero-order chi connectivity index (χ0) is 14.7. The van der Waals surface area contributed by atoms with Crippen LogP contribution in [0.5, 0.6) is 0 Å². The smallest absolute Gasteiger partial charge is 0.129 e. The molecule has 5 heteroatoms. The molecule has 0 bridgehead atoms. The molecule has 0 aliphatic rings. The molecule has 0 aliphatic carbocycles. The van der Waals surface area contributed by atoms with E-state index in [1.54, 1.807) is 18.2 Å². The van der Waals surface area contributed by atoms with Gasteiger partial charge in [-0.05, 0) is 29.8 Å². The van der Waals surface area contributed by atoms with Gasteiger partial charge in [0.15, 0.2) is 0 Å². The standard InChI is InChI=1S/C15H12Cl2F2O/c16-10-5-4-9(13(17)7-10)6-11(20)8-12-14(18)2-1-3-15(12)19/h1-5,7,11,20H,6,8H2. The summed E-state index contributed by atoms with van der Waals surface area (Å²) in [5.74, 6) is -1.32. The first-order valence-corrected chi connectivity index (χ1v) is 6.78. The molecule has 1 unspecified atom stereocenters. The van der Waals surface area contributed by atoms with Crippen molar-refractivity contribution in [2.75, 3.05) is 0 Å². The fraction of sp³-hybridized carbons (Fsp3) is 0.200. The van der Waals surface area contributed by atoms with E-state index in [1.165, 1.54) is 18.2 Å². The van der Waals surface area contributed by atoms with Crippen LogP contribution in [-0.4, -0.2) is 11.2 Å². The van der Waals surface area contributed by atoms with Gasteiger partial charge in [-0.3, -0.25) is 0 Å². The fourth-order valence-corrected chi connectivity index (χ4v) is 2.46. The quantitative estimate of drug-likeness (QED) is 0.885. The van der Waals surface area contributed by atoms with E-state index in [-0.39, 0.29) is 18.4 Å². The number of rotatable bonds is 4. The van der Waals surface area contributed by atoms with Crippen molar-refractivity contribution in [1.82, 2.24) is 0 Å². The Bertz CT molecular complexity index is 597. The topological polar surface area (TPSA) is 20.2 Å². The molecule has 106 valence electrons. The molecule has 1 nitrogen and oxygen atoms in total. The molecule has 1 N–H and O–H groups in total. The summed E-state index contributed by atoms with van der Waals surface area (Å²) >= 11 is 11.8. The lowest BCUT2D eigenvalue weighted by atomic mass is 10.0. The maximum atomic E-state index is 13.5.